The molecule has 0 aromatic rings. The molecule has 0 atom stereocenters. The van der Waals surface area contributed by atoms with Crippen LogP contribution in [0, 0.1) is 0 Å². The van der Waals surface area contributed by atoms with Crippen LogP contribution in [0.15, 0.2) is 11.5 Å². The topological polar surface area (TPSA) is 9.23 Å². The van der Waals surface area contributed by atoms with Gasteiger partial charge in [0.15, 0.2) is 0 Å². The van der Waals surface area contributed by atoms with E-state index in [4.69, 9.17) is 4.74 Å². The molecule has 1 rings (SSSR count). The minimum absolute atomic E-state index is 0.823. The van der Waals surface area contributed by atoms with Gasteiger partial charge in [-0.2, -0.15) is 0 Å². The average Bonchev–Trinajstić information content (AvgIpc) is 2.04. The van der Waals surface area contributed by atoms with Crippen LogP contribution in [0.5, 0.6) is 0 Å². The van der Waals surface area contributed by atoms with Gasteiger partial charge in [0.25, 0.3) is 0 Å². The Bertz CT molecular complexity index is 177. The van der Waals surface area contributed by atoms with E-state index in [2.05, 4.69) is 33.8 Å². The van der Waals surface area contributed by atoms with Crippen molar-refractivity contribution < 1.29 is 4.74 Å². The van der Waals surface area contributed by atoms with E-state index < -0.39 is 8.80 Å². The van der Waals surface area contributed by atoms with Crippen molar-refractivity contribution in [2.24, 2.45) is 0 Å². The van der Waals surface area contributed by atoms with Crippen molar-refractivity contribution in [3.63, 3.8) is 0 Å². The normalized spacial score (nSPS) is 17.9. The van der Waals surface area contributed by atoms with E-state index in [0.29, 0.717) is 0 Å². The zero-order valence-electron chi connectivity index (χ0n) is 9.34. The first-order valence-corrected chi connectivity index (χ1v) is 7.37. The fraction of sp³-hybridized carbons (Fsp3) is 0.818. The van der Waals surface area contributed by atoms with E-state index in [1.807, 2.05) is 0 Å². The average molecular weight is 198 g/mol. The van der Waals surface area contributed by atoms with Crippen LogP contribution < -0.4 is 0 Å². The molecule has 0 aromatic carbocycles. The largest absolute Gasteiger partial charge is 0.504 e. The van der Waals surface area contributed by atoms with Crippen molar-refractivity contribution in [1.82, 2.24) is 0 Å². The number of ether oxygens (including phenoxy) is 1. The molecule has 0 unspecified atom stereocenters. The van der Waals surface area contributed by atoms with Gasteiger partial charge in [0, 0.05) is 0 Å². The van der Waals surface area contributed by atoms with E-state index in [0.717, 1.165) is 17.7 Å². The SMILES string of the molecule is CC(C)[SiH](C1=CCCCO1)C(C)C. The Morgan fingerprint density at radius 2 is 1.85 bits per heavy atom. The van der Waals surface area contributed by atoms with Gasteiger partial charge in [0.1, 0.15) is 8.80 Å². The number of rotatable bonds is 3. The Kier molecular flexibility index (Phi) is 4.04. The van der Waals surface area contributed by atoms with Gasteiger partial charge in [0.2, 0.25) is 0 Å². The molecule has 0 bridgehead atoms. The summed E-state index contributed by atoms with van der Waals surface area (Å²) in [6, 6.07) is 0. The van der Waals surface area contributed by atoms with E-state index in [1.54, 1.807) is 0 Å². The Morgan fingerprint density at radius 1 is 1.23 bits per heavy atom. The molecule has 0 spiro atoms. The first-order valence-electron chi connectivity index (χ1n) is 5.45. The summed E-state index contributed by atoms with van der Waals surface area (Å²) < 4.78 is 5.79. The molecule has 1 aliphatic rings. The van der Waals surface area contributed by atoms with Crippen LogP contribution >= 0.6 is 0 Å². The Hall–Kier alpha value is -0.243. The van der Waals surface area contributed by atoms with Crippen LogP contribution in [0.25, 0.3) is 0 Å². The van der Waals surface area contributed by atoms with E-state index >= 15 is 0 Å². The Labute approximate surface area is 83.8 Å². The van der Waals surface area contributed by atoms with E-state index in [-0.39, 0.29) is 0 Å². The molecule has 0 fully saturated rings. The third kappa shape index (κ3) is 2.87. The van der Waals surface area contributed by atoms with Crippen molar-refractivity contribution >= 4 is 8.80 Å². The lowest BCUT2D eigenvalue weighted by molar-refractivity contribution is 0.213. The molecule has 0 aromatic heterocycles. The number of hydrogen-bond donors (Lipinski definition) is 0. The molecule has 0 saturated carbocycles. The lowest BCUT2D eigenvalue weighted by atomic mass is 10.3. The van der Waals surface area contributed by atoms with Gasteiger partial charge in [-0.25, -0.2) is 0 Å². The molecule has 1 aliphatic heterocycles. The number of allylic oxidation sites excluding steroid dienone is 1. The molecule has 0 N–H and O–H groups in total. The molecule has 0 aliphatic carbocycles. The van der Waals surface area contributed by atoms with Crippen molar-refractivity contribution in [1.29, 1.82) is 0 Å². The van der Waals surface area contributed by atoms with Crippen LogP contribution in [-0.4, -0.2) is 15.4 Å². The summed E-state index contributed by atoms with van der Waals surface area (Å²) in [6.07, 6.45) is 4.79. The second-order valence-corrected chi connectivity index (χ2v) is 8.90. The zero-order chi connectivity index (χ0) is 9.84. The molecule has 0 amide bonds. The zero-order valence-corrected chi connectivity index (χ0v) is 10.5. The lowest BCUT2D eigenvalue weighted by Gasteiger charge is -2.28. The second-order valence-electron chi connectivity index (χ2n) is 4.61. The minimum Gasteiger partial charge on any atom is -0.504 e. The fourth-order valence-corrected chi connectivity index (χ4v) is 5.84. The van der Waals surface area contributed by atoms with Crippen LogP contribution in [0.2, 0.25) is 11.1 Å². The predicted molar refractivity (Wildman–Crippen MR) is 60.6 cm³/mol. The highest BCUT2D eigenvalue weighted by Gasteiger charge is 2.26. The van der Waals surface area contributed by atoms with Crippen LogP contribution in [-0.2, 0) is 4.74 Å². The first-order chi connectivity index (χ1) is 6.13. The highest BCUT2D eigenvalue weighted by Crippen LogP contribution is 2.28. The van der Waals surface area contributed by atoms with Crippen LogP contribution in [0.4, 0.5) is 0 Å². The standard InChI is InChI=1S/C11H22OSi/c1-9(2)13(10(3)4)11-7-5-6-8-12-11/h7,9-10,13H,5-6,8H2,1-4H3. The highest BCUT2D eigenvalue weighted by molar-refractivity contribution is 6.68. The van der Waals surface area contributed by atoms with Crippen molar-refractivity contribution in [2.45, 2.75) is 51.6 Å². The molecule has 1 heterocycles. The third-order valence-corrected chi connectivity index (χ3v) is 6.66. The molecule has 1 nitrogen and oxygen atoms in total. The summed E-state index contributed by atoms with van der Waals surface area (Å²) in [5.74, 6) is 0. The maximum absolute atomic E-state index is 5.79. The van der Waals surface area contributed by atoms with Gasteiger partial charge in [-0.05, 0) is 23.9 Å². The molecule has 0 radical (unpaired) electrons. The van der Waals surface area contributed by atoms with Crippen molar-refractivity contribution in [3.05, 3.63) is 11.5 Å². The van der Waals surface area contributed by atoms with E-state index in [1.165, 1.54) is 18.2 Å². The van der Waals surface area contributed by atoms with Gasteiger partial charge < -0.3 is 4.74 Å². The third-order valence-electron chi connectivity index (χ3n) is 2.73. The van der Waals surface area contributed by atoms with E-state index in [9.17, 15) is 0 Å². The van der Waals surface area contributed by atoms with Gasteiger partial charge in [-0.3, -0.25) is 0 Å². The summed E-state index contributed by atoms with van der Waals surface area (Å²) in [7, 11) is -0.823. The second kappa shape index (κ2) is 4.84. The van der Waals surface area contributed by atoms with Crippen molar-refractivity contribution in [2.75, 3.05) is 6.61 Å². The number of hydrogen-bond acceptors (Lipinski definition) is 1. The van der Waals surface area contributed by atoms with Gasteiger partial charge in [-0.1, -0.05) is 33.8 Å². The first kappa shape index (κ1) is 10.8. The summed E-state index contributed by atoms with van der Waals surface area (Å²) >= 11 is 0. The van der Waals surface area contributed by atoms with Gasteiger partial charge >= 0.3 is 0 Å². The monoisotopic (exact) mass is 198 g/mol. The quantitative estimate of drug-likeness (QED) is 0.632. The van der Waals surface area contributed by atoms with Gasteiger partial charge in [-0.15, -0.1) is 0 Å². The summed E-state index contributed by atoms with van der Waals surface area (Å²) in [4.78, 5) is 0. The highest BCUT2D eigenvalue weighted by atomic mass is 28.3. The fourth-order valence-electron chi connectivity index (χ4n) is 2.24. The molecule has 76 valence electrons. The van der Waals surface area contributed by atoms with Crippen LogP contribution in [0.3, 0.4) is 0 Å². The molecule has 2 heteroatoms. The Morgan fingerprint density at radius 3 is 2.23 bits per heavy atom. The van der Waals surface area contributed by atoms with Crippen LogP contribution in [0.1, 0.15) is 40.5 Å². The smallest absolute Gasteiger partial charge is 0.120 e. The molecule has 0 saturated heterocycles. The summed E-state index contributed by atoms with van der Waals surface area (Å²) in [6.45, 7) is 10.3. The molecular weight excluding hydrogens is 176 g/mol. The maximum atomic E-state index is 5.79. The minimum atomic E-state index is -0.823. The van der Waals surface area contributed by atoms with Crippen molar-refractivity contribution in [3.8, 4) is 0 Å². The maximum Gasteiger partial charge on any atom is 0.120 e. The summed E-state index contributed by atoms with van der Waals surface area (Å²) in [5, 5.41) is 1.39. The molecular formula is C11H22OSi. The van der Waals surface area contributed by atoms with Gasteiger partial charge in [0.05, 0.1) is 12.0 Å². The summed E-state index contributed by atoms with van der Waals surface area (Å²) in [5.41, 5.74) is 1.65. The Balaban J connectivity index is 2.68. The predicted octanol–water partition coefficient (Wildman–Crippen LogP) is 3.27. The molecule has 13 heavy (non-hydrogen) atoms. The lowest BCUT2D eigenvalue weighted by Crippen LogP contribution is -2.27.